The number of rotatable bonds is 8. The van der Waals surface area contributed by atoms with Crippen LogP contribution < -0.4 is 11.1 Å². The maximum atomic E-state index is 9.06. The highest BCUT2D eigenvalue weighted by molar-refractivity contribution is 7.17. The van der Waals surface area contributed by atoms with Gasteiger partial charge in [0.15, 0.2) is 0 Å². The number of hydrogen-bond acceptors (Lipinski definition) is 5. The molecule has 0 fully saturated rings. The first-order chi connectivity index (χ1) is 9.60. The molecule has 1 aromatic rings. The highest BCUT2D eigenvalue weighted by atomic mass is 32.1. The quantitative estimate of drug-likeness (QED) is 0.706. The van der Waals surface area contributed by atoms with Crippen LogP contribution in [0.25, 0.3) is 0 Å². The Morgan fingerprint density at radius 2 is 1.85 bits per heavy atom. The smallest absolute Gasteiger partial charge is 0.131 e. The number of nitrogen functional groups attached to an aromatic ring is 1. The van der Waals surface area contributed by atoms with Gasteiger partial charge in [0.1, 0.15) is 27.6 Å². The van der Waals surface area contributed by atoms with Crippen molar-refractivity contribution < 1.29 is 0 Å². The summed E-state index contributed by atoms with van der Waals surface area (Å²) >= 11 is 1.26. The summed E-state index contributed by atoms with van der Waals surface area (Å²) in [5.41, 5.74) is 6.46. The molecule has 0 aliphatic rings. The fourth-order valence-electron chi connectivity index (χ4n) is 2.00. The van der Waals surface area contributed by atoms with E-state index >= 15 is 0 Å². The first-order valence-electron chi connectivity index (χ1n) is 7.06. The van der Waals surface area contributed by atoms with Gasteiger partial charge in [0.2, 0.25) is 0 Å². The van der Waals surface area contributed by atoms with Crippen LogP contribution >= 0.6 is 11.3 Å². The summed E-state index contributed by atoms with van der Waals surface area (Å²) < 4.78 is 0. The summed E-state index contributed by atoms with van der Waals surface area (Å²) in [6, 6.07) is 4.09. The van der Waals surface area contributed by atoms with E-state index in [2.05, 4.69) is 25.2 Å². The predicted octanol–water partition coefficient (Wildman–Crippen LogP) is 4.09. The van der Waals surface area contributed by atoms with Gasteiger partial charge in [-0.05, 0) is 12.3 Å². The van der Waals surface area contributed by atoms with Crippen LogP contribution in [0.4, 0.5) is 10.7 Å². The minimum atomic E-state index is 0.305. The zero-order valence-corrected chi connectivity index (χ0v) is 13.0. The van der Waals surface area contributed by atoms with Crippen LogP contribution in [-0.2, 0) is 0 Å². The molecular formula is C15H22N4S. The summed E-state index contributed by atoms with van der Waals surface area (Å²) in [5, 5.41) is 21.9. The number of nitrogens with zero attached hydrogens (tertiary/aromatic N) is 2. The monoisotopic (exact) mass is 290 g/mol. The molecule has 0 saturated heterocycles. The normalized spacial score (nSPS) is 10.2. The molecule has 1 rings (SSSR count). The average molecular weight is 290 g/mol. The Balaban J connectivity index is 2.33. The Hall–Kier alpha value is -1.72. The van der Waals surface area contributed by atoms with Crippen LogP contribution in [0.3, 0.4) is 0 Å². The molecule has 0 unspecified atom stereocenters. The van der Waals surface area contributed by atoms with Crippen LogP contribution in [0.2, 0.25) is 0 Å². The average Bonchev–Trinajstić information content (AvgIpc) is 2.73. The molecule has 0 aliphatic carbocycles. The zero-order chi connectivity index (χ0) is 15.0. The largest absolute Gasteiger partial charge is 0.396 e. The van der Waals surface area contributed by atoms with Crippen LogP contribution in [0, 0.1) is 28.6 Å². The maximum absolute atomic E-state index is 9.06. The second-order valence-corrected chi connectivity index (χ2v) is 6.32. The molecular weight excluding hydrogens is 268 g/mol. The molecule has 3 N–H and O–H groups in total. The first-order valence-corrected chi connectivity index (χ1v) is 7.88. The van der Waals surface area contributed by atoms with E-state index < -0.39 is 0 Å². The molecule has 0 bridgehead atoms. The minimum absolute atomic E-state index is 0.305. The third-order valence-electron chi connectivity index (χ3n) is 3.15. The highest BCUT2D eigenvalue weighted by Crippen LogP contribution is 2.34. The summed E-state index contributed by atoms with van der Waals surface area (Å²) in [6.07, 6.45) is 6.09. The van der Waals surface area contributed by atoms with E-state index in [1.54, 1.807) is 0 Å². The fourth-order valence-corrected chi connectivity index (χ4v) is 2.89. The van der Waals surface area contributed by atoms with Gasteiger partial charge < -0.3 is 11.1 Å². The second-order valence-electron chi connectivity index (χ2n) is 5.30. The summed E-state index contributed by atoms with van der Waals surface area (Å²) in [6.45, 7) is 5.32. The Morgan fingerprint density at radius 3 is 2.45 bits per heavy atom. The number of nitrogens with one attached hydrogen (secondary N) is 1. The Labute approximate surface area is 125 Å². The van der Waals surface area contributed by atoms with Gasteiger partial charge in [0.05, 0.1) is 5.69 Å². The molecule has 20 heavy (non-hydrogen) atoms. The molecule has 1 aromatic heterocycles. The van der Waals surface area contributed by atoms with Crippen molar-refractivity contribution >= 4 is 22.0 Å². The van der Waals surface area contributed by atoms with E-state index in [1.807, 2.05) is 6.07 Å². The molecule has 0 atom stereocenters. The number of thiophene rings is 1. The van der Waals surface area contributed by atoms with Crippen LogP contribution in [0.5, 0.6) is 0 Å². The molecule has 0 aromatic carbocycles. The summed E-state index contributed by atoms with van der Waals surface area (Å²) in [7, 11) is 0. The van der Waals surface area contributed by atoms with Gasteiger partial charge in [-0.1, -0.05) is 39.5 Å². The lowest BCUT2D eigenvalue weighted by Crippen LogP contribution is -2.01. The van der Waals surface area contributed by atoms with Crippen LogP contribution in [-0.4, -0.2) is 6.54 Å². The molecule has 0 aliphatic heterocycles. The lowest BCUT2D eigenvalue weighted by atomic mass is 10.0. The Morgan fingerprint density at radius 1 is 1.15 bits per heavy atom. The zero-order valence-electron chi connectivity index (χ0n) is 12.2. The molecule has 0 spiro atoms. The van der Waals surface area contributed by atoms with Crippen molar-refractivity contribution in [3.63, 3.8) is 0 Å². The van der Waals surface area contributed by atoms with Gasteiger partial charge in [0.25, 0.3) is 0 Å². The van der Waals surface area contributed by atoms with Gasteiger partial charge in [-0.2, -0.15) is 10.5 Å². The van der Waals surface area contributed by atoms with Gasteiger partial charge >= 0.3 is 0 Å². The van der Waals surface area contributed by atoms with Crippen molar-refractivity contribution in [1.82, 2.24) is 0 Å². The lowest BCUT2D eigenvalue weighted by molar-refractivity contribution is 0.523. The van der Waals surface area contributed by atoms with Crippen LogP contribution in [0.1, 0.15) is 56.4 Å². The standard InChI is InChI=1S/C15H22N4S/c1-11(2)7-5-3-4-6-8-19-15-12(9-16)14(18)13(10-17)20-15/h11,19H,3-8,18H2,1-2H3. The van der Waals surface area contributed by atoms with Crippen molar-refractivity contribution in [1.29, 1.82) is 10.5 Å². The van der Waals surface area contributed by atoms with Crippen molar-refractivity contribution in [3.8, 4) is 12.1 Å². The molecule has 0 amide bonds. The van der Waals surface area contributed by atoms with Crippen molar-refractivity contribution in [2.45, 2.75) is 46.0 Å². The third kappa shape index (κ3) is 4.75. The second kappa shape index (κ2) is 8.45. The Kier molecular flexibility index (Phi) is 6.90. The third-order valence-corrected chi connectivity index (χ3v) is 4.22. The molecule has 0 saturated carbocycles. The predicted molar refractivity (Wildman–Crippen MR) is 84.6 cm³/mol. The summed E-state index contributed by atoms with van der Waals surface area (Å²) in [4.78, 5) is 0.418. The molecule has 108 valence electrons. The first kappa shape index (κ1) is 16.3. The number of nitrogens with two attached hydrogens (primary N) is 1. The van der Waals surface area contributed by atoms with Gasteiger partial charge in [-0.25, -0.2) is 0 Å². The number of anilines is 2. The van der Waals surface area contributed by atoms with Crippen LogP contribution in [0.15, 0.2) is 0 Å². The number of unbranched alkanes of at least 4 members (excludes halogenated alkanes) is 3. The number of nitriles is 2. The van der Waals surface area contributed by atoms with Crippen molar-refractivity contribution in [2.24, 2.45) is 5.92 Å². The van der Waals surface area contributed by atoms with E-state index in [0.717, 1.165) is 23.9 Å². The molecule has 4 nitrogen and oxygen atoms in total. The van der Waals surface area contributed by atoms with Gasteiger partial charge in [-0.3, -0.25) is 0 Å². The SMILES string of the molecule is CC(C)CCCCCCNc1sc(C#N)c(N)c1C#N. The fraction of sp³-hybridized carbons (Fsp3) is 0.600. The summed E-state index contributed by atoms with van der Waals surface area (Å²) in [5.74, 6) is 0.782. The van der Waals surface area contributed by atoms with E-state index in [9.17, 15) is 0 Å². The lowest BCUT2D eigenvalue weighted by Gasteiger charge is -2.06. The topological polar surface area (TPSA) is 85.6 Å². The van der Waals surface area contributed by atoms with Gasteiger partial charge in [-0.15, -0.1) is 11.3 Å². The molecule has 1 heterocycles. The maximum Gasteiger partial charge on any atom is 0.131 e. The van der Waals surface area contributed by atoms with E-state index in [-0.39, 0.29) is 0 Å². The molecule has 0 radical (unpaired) electrons. The van der Waals surface area contributed by atoms with E-state index in [4.69, 9.17) is 16.3 Å². The van der Waals surface area contributed by atoms with Crippen molar-refractivity contribution in [2.75, 3.05) is 17.6 Å². The van der Waals surface area contributed by atoms with Gasteiger partial charge in [0, 0.05) is 6.54 Å². The highest BCUT2D eigenvalue weighted by Gasteiger charge is 2.14. The minimum Gasteiger partial charge on any atom is -0.396 e. The Bertz CT molecular complexity index is 505. The number of hydrogen-bond donors (Lipinski definition) is 2. The van der Waals surface area contributed by atoms with E-state index in [0.29, 0.717) is 16.1 Å². The van der Waals surface area contributed by atoms with E-state index in [1.165, 1.54) is 37.0 Å². The van der Waals surface area contributed by atoms with Crippen molar-refractivity contribution in [3.05, 3.63) is 10.4 Å². The molecule has 5 heteroatoms.